The van der Waals surface area contributed by atoms with E-state index in [0.29, 0.717) is 11.1 Å². The minimum absolute atomic E-state index is 0.144. The summed E-state index contributed by atoms with van der Waals surface area (Å²) in [6, 6.07) is 14.5. The summed E-state index contributed by atoms with van der Waals surface area (Å²) in [4.78, 5) is 12.7. The van der Waals surface area contributed by atoms with Gasteiger partial charge in [-0.3, -0.25) is 9.36 Å². The highest BCUT2D eigenvalue weighted by Crippen LogP contribution is 2.22. The van der Waals surface area contributed by atoms with E-state index in [9.17, 15) is 13.2 Å². The average Bonchev–Trinajstić information content (AvgIpc) is 3.20. The Morgan fingerprint density at radius 1 is 1.03 bits per heavy atom. The molecule has 0 fully saturated rings. The molecular weight excluding hydrogens is 432 g/mol. The summed E-state index contributed by atoms with van der Waals surface area (Å²) in [6.07, 6.45) is 2.80. The molecule has 0 aliphatic rings. The number of aromatic nitrogens is 3. The Labute approximate surface area is 187 Å². The Kier molecular flexibility index (Phi) is 7.17. The molecule has 1 N–H and O–H groups in total. The van der Waals surface area contributed by atoms with Crippen molar-refractivity contribution in [1.29, 1.82) is 0 Å². The van der Waals surface area contributed by atoms with Crippen molar-refractivity contribution in [3.8, 4) is 5.69 Å². The molecule has 164 valence electrons. The van der Waals surface area contributed by atoms with Gasteiger partial charge in [-0.25, -0.2) is 8.42 Å². The number of nitrogens with one attached hydrogen (secondary N) is 1. The van der Waals surface area contributed by atoms with Crippen LogP contribution in [0.1, 0.15) is 43.9 Å². The van der Waals surface area contributed by atoms with Crippen LogP contribution in [0.2, 0.25) is 0 Å². The van der Waals surface area contributed by atoms with Crippen molar-refractivity contribution in [2.75, 3.05) is 12.0 Å². The molecule has 0 saturated heterocycles. The number of benzene rings is 2. The molecule has 0 bridgehead atoms. The van der Waals surface area contributed by atoms with E-state index < -0.39 is 9.84 Å². The van der Waals surface area contributed by atoms with Gasteiger partial charge in [-0.05, 0) is 48.2 Å². The number of sulfone groups is 1. The van der Waals surface area contributed by atoms with E-state index in [1.165, 1.54) is 23.6 Å². The fourth-order valence-electron chi connectivity index (χ4n) is 3.02. The van der Waals surface area contributed by atoms with Crippen LogP contribution in [0, 0.1) is 0 Å². The topological polar surface area (TPSA) is 93.9 Å². The molecule has 0 aliphatic heterocycles. The summed E-state index contributed by atoms with van der Waals surface area (Å²) in [7, 11) is -3.24. The Hall–Kier alpha value is -2.65. The summed E-state index contributed by atoms with van der Waals surface area (Å²) < 4.78 is 25.0. The number of thioether (sulfide) groups is 1. The van der Waals surface area contributed by atoms with Crippen LogP contribution < -0.4 is 5.32 Å². The molecule has 1 unspecified atom stereocenters. The normalized spacial score (nSPS) is 12.7. The molecule has 0 saturated carbocycles. The van der Waals surface area contributed by atoms with E-state index in [1.54, 1.807) is 30.6 Å². The van der Waals surface area contributed by atoms with Crippen molar-refractivity contribution in [2.24, 2.45) is 0 Å². The van der Waals surface area contributed by atoms with E-state index in [4.69, 9.17) is 0 Å². The lowest BCUT2D eigenvalue weighted by molar-refractivity contribution is -0.119. The highest BCUT2D eigenvalue weighted by Gasteiger charge is 2.14. The van der Waals surface area contributed by atoms with Gasteiger partial charge >= 0.3 is 0 Å². The first-order chi connectivity index (χ1) is 14.6. The highest BCUT2D eigenvalue weighted by atomic mass is 32.2. The lowest BCUT2D eigenvalue weighted by Gasteiger charge is -2.15. The second-order valence-electron chi connectivity index (χ2n) is 7.65. The van der Waals surface area contributed by atoms with Crippen LogP contribution in [0.15, 0.2) is 64.9 Å². The monoisotopic (exact) mass is 458 g/mol. The van der Waals surface area contributed by atoms with Gasteiger partial charge in [-0.15, -0.1) is 10.2 Å². The van der Waals surface area contributed by atoms with Crippen LogP contribution in [0.25, 0.3) is 5.69 Å². The molecule has 1 aromatic heterocycles. The number of nitrogens with zero attached hydrogens (tertiary/aromatic N) is 3. The minimum Gasteiger partial charge on any atom is -0.349 e. The van der Waals surface area contributed by atoms with E-state index in [1.807, 2.05) is 23.6 Å². The second-order valence-corrected chi connectivity index (χ2v) is 10.6. The van der Waals surface area contributed by atoms with Crippen LogP contribution in [-0.2, 0) is 14.6 Å². The average molecular weight is 459 g/mol. The van der Waals surface area contributed by atoms with Crippen LogP contribution in [-0.4, -0.2) is 41.1 Å². The van der Waals surface area contributed by atoms with Crippen LogP contribution >= 0.6 is 11.8 Å². The minimum atomic E-state index is -3.24. The maximum atomic E-state index is 12.4. The summed E-state index contributed by atoms with van der Waals surface area (Å²) >= 11 is 1.31. The van der Waals surface area contributed by atoms with Crippen LogP contribution in [0.3, 0.4) is 0 Å². The molecular formula is C22H26N4O3S2. The molecule has 1 amide bonds. The quantitative estimate of drug-likeness (QED) is 0.517. The van der Waals surface area contributed by atoms with Gasteiger partial charge in [-0.1, -0.05) is 49.9 Å². The summed E-state index contributed by atoms with van der Waals surface area (Å²) in [5.74, 6) is 0.501. The molecule has 9 heteroatoms. The molecule has 3 rings (SSSR count). The summed E-state index contributed by atoms with van der Waals surface area (Å²) in [6.45, 7) is 6.15. The summed E-state index contributed by atoms with van der Waals surface area (Å²) in [5, 5.41) is 11.7. The number of hydrogen-bond donors (Lipinski definition) is 1. The molecule has 0 aliphatic carbocycles. The Bertz CT molecular complexity index is 1140. The molecule has 0 radical (unpaired) electrons. The zero-order valence-electron chi connectivity index (χ0n) is 17.9. The number of rotatable bonds is 8. The van der Waals surface area contributed by atoms with Gasteiger partial charge in [-0.2, -0.15) is 0 Å². The van der Waals surface area contributed by atoms with Gasteiger partial charge in [0.25, 0.3) is 0 Å². The zero-order valence-corrected chi connectivity index (χ0v) is 19.6. The number of amides is 1. The van der Waals surface area contributed by atoms with Gasteiger partial charge in [0, 0.05) is 11.9 Å². The SMILES string of the molecule is CC(C)c1ccc(-n2cnnc2SCC(=O)NC(C)c2ccc(S(C)(=O)=O)cc2)cc1. The maximum absolute atomic E-state index is 12.4. The molecule has 0 spiro atoms. The third-order valence-corrected chi connectivity index (χ3v) is 6.94. The number of hydrogen-bond acceptors (Lipinski definition) is 6. The van der Waals surface area contributed by atoms with Gasteiger partial charge in [0.1, 0.15) is 6.33 Å². The molecule has 1 heterocycles. The third-order valence-electron chi connectivity index (χ3n) is 4.87. The van der Waals surface area contributed by atoms with Gasteiger partial charge in [0.15, 0.2) is 15.0 Å². The lowest BCUT2D eigenvalue weighted by atomic mass is 10.0. The van der Waals surface area contributed by atoms with E-state index in [2.05, 4.69) is 41.5 Å². The first-order valence-corrected chi connectivity index (χ1v) is 12.8. The van der Waals surface area contributed by atoms with Gasteiger partial charge in [0.05, 0.1) is 16.7 Å². The first kappa shape index (κ1) is 23.0. The number of carbonyl (C=O) groups excluding carboxylic acids is 1. The molecule has 3 aromatic rings. The third kappa shape index (κ3) is 5.95. The molecule has 2 aromatic carbocycles. The van der Waals surface area contributed by atoms with Crippen molar-refractivity contribution in [1.82, 2.24) is 20.1 Å². The first-order valence-electron chi connectivity index (χ1n) is 9.87. The van der Waals surface area contributed by atoms with Crippen molar-refractivity contribution in [2.45, 2.75) is 42.8 Å². The van der Waals surface area contributed by atoms with Crippen molar-refractivity contribution >= 4 is 27.5 Å². The molecule has 7 nitrogen and oxygen atoms in total. The Balaban J connectivity index is 1.59. The predicted octanol–water partition coefficient (Wildman–Crippen LogP) is 3.76. The van der Waals surface area contributed by atoms with Gasteiger partial charge < -0.3 is 5.32 Å². The maximum Gasteiger partial charge on any atom is 0.230 e. The standard InChI is InChI=1S/C22H26N4O3S2/c1-15(2)17-5-9-19(10-6-17)26-14-23-25-22(26)30-13-21(27)24-16(3)18-7-11-20(12-8-18)31(4,28)29/h5-12,14-16H,13H2,1-4H3,(H,24,27). The van der Waals surface area contributed by atoms with Gasteiger partial charge in [0.2, 0.25) is 5.91 Å². The zero-order chi connectivity index (χ0) is 22.6. The fraction of sp³-hybridized carbons (Fsp3) is 0.318. The molecule has 31 heavy (non-hydrogen) atoms. The van der Waals surface area contributed by atoms with Crippen molar-refractivity contribution < 1.29 is 13.2 Å². The van der Waals surface area contributed by atoms with Crippen molar-refractivity contribution in [3.05, 3.63) is 66.0 Å². The van der Waals surface area contributed by atoms with E-state index in [0.717, 1.165) is 11.3 Å². The lowest BCUT2D eigenvalue weighted by Crippen LogP contribution is -2.28. The molecule has 1 atom stereocenters. The largest absolute Gasteiger partial charge is 0.349 e. The van der Waals surface area contributed by atoms with Crippen molar-refractivity contribution in [3.63, 3.8) is 0 Å². The summed E-state index contributed by atoms with van der Waals surface area (Å²) in [5.41, 5.74) is 3.03. The van der Waals surface area contributed by atoms with E-state index >= 15 is 0 Å². The smallest absolute Gasteiger partial charge is 0.230 e. The number of carbonyl (C=O) groups is 1. The predicted molar refractivity (Wildman–Crippen MR) is 122 cm³/mol. The fourth-order valence-corrected chi connectivity index (χ4v) is 4.39. The highest BCUT2D eigenvalue weighted by molar-refractivity contribution is 7.99. The van der Waals surface area contributed by atoms with E-state index in [-0.39, 0.29) is 22.6 Å². The van der Waals surface area contributed by atoms with Crippen LogP contribution in [0.4, 0.5) is 0 Å². The Morgan fingerprint density at radius 2 is 1.65 bits per heavy atom. The van der Waals surface area contributed by atoms with Crippen LogP contribution in [0.5, 0.6) is 0 Å². The second kappa shape index (κ2) is 9.65. The Morgan fingerprint density at radius 3 is 2.23 bits per heavy atom.